The standard InChI is InChI=1S/C18H27N3O3S.ClH/c1-12-4-7-14(25(23,24)20-13-5-6-13)10-15(12)17(22)21-9-8-16(19)18(2,3)11-21;/h4,7,10,13,16,20H,5-6,8-9,11,19H2,1-3H3;1H. The molecule has 1 aromatic rings. The van der Waals surface area contributed by atoms with Gasteiger partial charge in [-0.05, 0) is 49.3 Å². The van der Waals surface area contributed by atoms with E-state index in [0.29, 0.717) is 18.7 Å². The zero-order valence-corrected chi connectivity index (χ0v) is 17.1. The molecule has 2 fully saturated rings. The number of sulfonamides is 1. The van der Waals surface area contributed by atoms with Gasteiger partial charge in [0, 0.05) is 30.7 Å². The molecule has 146 valence electrons. The number of likely N-dealkylation sites (tertiary alicyclic amines) is 1. The van der Waals surface area contributed by atoms with Crippen LogP contribution in [0.5, 0.6) is 0 Å². The highest BCUT2D eigenvalue weighted by Gasteiger charge is 2.36. The molecular formula is C18H28ClN3O3S. The molecule has 6 nitrogen and oxygen atoms in total. The molecule has 1 amide bonds. The van der Waals surface area contributed by atoms with E-state index in [4.69, 9.17) is 5.73 Å². The predicted molar refractivity (Wildman–Crippen MR) is 104 cm³/mol. The van der Waals surface area contributed by atoms with E-state index in [1.807, 2.05) is 6.92 Å². The van der Waals surface area contributed by atoms with Gasteiger partial charge >= 0.3 is 0 Å². The van der Waals surface area contributed by atoms with Gasteiger partial charge in [0.15, 0.2) is 0 Å². The molecule has 1 saturated heterocycles. The number of hydrogen-bond acceptors (Lipinski definition) is 4. The third kappa shape index (κ3) is 4.39. The van der Waals surface area contributed by atoms with Crippen molar-refractivity contribution in [1.82, 2.24) is 9.62 Å². The summed E-state index contributed by atoms with van der Waals surface area (Å²) in [6.07, 6.45) is 2.50. The predicted octanol–water partition coefficient (Wildman–Crippen LogP) is 2.06. The van der Waals surface area contributed by atoms with E-state index in [9.17, 15) is 13.2 Å². The van der Waals surface area contributed by atoms with Crippen LogP contribution >= 0.6 is 12.4 Å². The van der Waals surface area contributed by atoms with Gasteiger partial charge in [-0.3, -0.25) is 4.79 Å². The summed E-state index contributed by atoms with van der Waals surface area (Å²) >= 11 is 0. The quantitative estimate of drug-likeness (QED) is 0.807. The zero-order chi connectivity index (χ0) is 18.4. The summed E-state index contributed by atoms with van der Waals surface area (Å²) in [6, 6.07) is 4.87. The summed E-state index contributed by atoms with van der Waals surface area (Å²) in [5, 5.41) is 0. The fourth-order valence-electron chi connectivity index (χ4n) is 3.20. The Morgan fingerprint density at radius 3 is 2.50 bits per heavy atom. The topological polar surface area (TPSA) is 92.5 Å². The van der Waals surface area contributed by atoms with Crippen LogP contribution in [0.3, 0.4) is 0 Å². The lowest BCUT2D eigenvalue weighted by Gasteiger charge is -2.42. The molecule has 0 spiro atoms. The first-order valence-electron chi connectivity index (χ1n) is 8.78. The largest absolute Gasteiger partial charge is 0.338 e. The Morgan fingerprint density at radius 1 is 1.27 bits per heavy atom. The summed E-state index contributed by atoms with van der Waals surface area (Å²) in [7, 11) is -3.57. The van der Waals surface area contributed by atoms with E-state index in [1.165, 1.54) is 6.07 Å². The van der Waals surface area contributed by atoms with Crippen molar-refractivity contribution in [3.8, 4) is 0 Å². The summed E-state index contributed by atoms with van der Waals surface area (Å²) in [5.74, 6) is -0.124. The number of aryl methyl sites for hydroxylation is 1. The maximum Gasteiger partial charge on any atom is 0.254 e. The van der Waals surface area contributed by atoms with E-state index in [-0.39, 0.29) is 40.7 Å². The Bertz CT molecular complexity index is 791. The van der Waals surface area contributed by atoms with E-state index < -0.39 is 10.0 Å². The average Bonchev–Trinajstić information content (AvgIpc) is 3.32. The minimum Gasteiger partial charge on any atom is -0.338 e. The van der Waals surface area contributed by atoms with Crippen LogP contribution in [0, 0.1) is 12.3 Å². The molecule has 1 unspecified atom stereocenters. The summed E-state index contributed by atoms with van der Waals surface area (Å²) in [6.45, 7) is 7.12. The molecular weight excluding hydrogens is 374 g/mol. The minimum absolute atomic E-state index is 0. The molecule has 0 aromatic heterocycles. The van der Waals surface area contributed by atoms with Crippen molar-refractivity contribution < 1.29 is 13.2 Å². The summed E-state index contributed by atoms with van der Waals surface area (Å²) < 4.78 is 27.5. The summed E-state index contributed by atoms with van der Waals surface area (Å²) in [4.78, 5) is 14.9. The first-order valence-corrected chi connectivity index (χ1v) is 10.3. The third-order valence-electron chi connectivity index (χ3n) is 5.25. The molecule has 1 aromatic carbocycles. The van der Waals surface area contributed by atoms with Crippen LogP contribution < -0.4 is 10.5 Å². The molecule has 1 heterocycles. The van der Waals surface area contributed by atoms with Crippen molar-refractivity contribution in [2.45, 2.75) is 57.0 Å². The maximum absolute atomic E-state index is 13.0. The van der Waals surface area contributed by atoms with Gasteiger partial charge in [0.05, 0.1) is 4.90 Å². The first kappa shape index (κ1) is 21.2. The van der Waals surface area contributed by atoms with Gasteiger partial charge in [-0.25, -0.2) is 13.1 Å². The fraction of sp³-hybridized carbons (Fsp3) is 0.611. The van der Waals surface area contributed by atoms with Crippen LogP contribution in [-0.2, 0) is 10.0 Å². The molecule has 3 N–H and O–H groups in total. The van der Waals surface area contributed by atoms with Crippen LogP contribution in [0.1, 0.15) is 49.0 Å². The van der Waals surface area contributed by atoms with E-state index in [0.717, 1.165) is 24.8 Å². The zero-order valence-electron chi connectivity index (χ0n) is 15.5. The monoisotopic (exact) mass is 401 g/mol. The van der Waals surface area contributed by atoms with Crippen molar-refractivity contribution in [2.75, 3.05) is 13.1 Å². The molecule has 3 rings (SSSR count). The second kappa shape index (κ2) is 7.46. The maximum atomic E-state index is 13.0. The van der Waals surface area contributed by atoms with Crippen LogP contribution in [0.4, 0.5) is 0 Å². The van der Waals surface area contributed by atoms with Crippen molar-refractivity contribution in [1.29, 1.82) is 0 Å². The van der Waals surface area contributed by atoms with Crippen molar-refractivity contribution in [3.05, 3.63) is 29.3 Å². The van der Waals surface area contributed by atoms with Crippen LogP contribution in [0.15, 0.2) is 23.1 Å². The molecule has 1 saturated carbocycles. The molecule has 0 radical (unpaired) electrons. The number of nitrogens with two attached hydrogens (primary N) is 1. The number of amides is 1. The smallest absolute Gasteiger partial charge is 0.254 e. The van der Waals surface area contributed by atoms with E-state index in [2.05, 4.69) is 18.6 Å². The lowest BCUT2D eigenvalue weighted by atomic mass is 9.79. The van der Waals surface area contributed by atoms with Gasteiger partial charge in [0.25, 0.3) is 5.91 Å². The highest BCUT2D eigenvalue weighted by molar-refractivity contribution is 7.89. The molecule has 1 aliphatic carbocycles. The second-order valence-electron chi connectivity index (χ2n) is 7.98. The number of rotatable bonds is 4. The number of hydrogen-bond donors (Lipinski definition) is 2. The van der Waals surface area contributed by atoms with Gasteiger partial charge < -0.3 is 10.6 Å². The Balaban J connectivity index is 0.00000243. The lowest BCUT2D eigenvalue weighted by Crippen LogP contribution is -2.54. The second-order valence-corrected chi connectivity index (χ2v) is 9.70. The number of benzene rings is 1. The number of carbonyl (C=O) groups is 1. The Morgan fingerprint density at radius 2 is 1.92 bits per heavy atom. The Labute approximate surface area is 162 Å². The van der Waals surface area contributed by atoms with Crippen molar-refractivity contribution in [2.24, 2.45) is 11.1 Å². The van der Waals surface area contributed by atoms with Gasteiger partial charge in [0.2, 0.25) is 10.0 Å². The lowest BCUT2D eigenvalue weighted by molar-refractivity contribution is 0.0532. The molecule has 2 aliphatic rings. The number of nitrogens with one attached hydrogen (secondary N) is 1. The SMILES string of the molecule is Cc1ccc(S(=O)(=O)NC2CC2)cc1C(=O)N1CCC(N)C(C)(C)C1.Cl. The van der Waals surface area contributed by atoms with E-state index >= 15 is 0 Å². The van der Waals surface area contributed by atoms with Crippen molar-refractivity contribution in [3.63, 3.8) is 0 Å². The average molecular weight is 402 g/mol. The fourth-order valence-corrected chi connectivity index (χ4v) is 4.54. The van der Waals surface area contributed by atoms with Crippen LogP contribution in [0.2, 0.25) is 0 Å². The Kier molecular flexibility index (Phi) is 6.07. The van der Waals surface area contributed by atoms with Gasteiger partial charge in [0.1, 0.15) is 0 Å². The van der Waals surface area contributed by atoms with Gasteiger partial charge in [-0.2, -0.15) is 0 Å². The van der Waals surface area contributed by atoms with E-state index in [1.54, 1.807) is 17.0 Å². The van der Waals surface area contributed by atoms with Gasteiger partial charge in [-0.15, -0.1) is 12.4 Å². The van der Waals surface area contributed by atoms with Gasteiger partial charge in [-0.1, -0.05) is 19.9 Å². The first-order chi connectivity index (χ1) is 11.6. The van der Waals surface area contributed by atoms with Crippen LogP contribution in [-0.4, -0.2) is 44.4 Å². The molecule has 1 aliphatic heterocycles. The molecule has 26 heavy (non-hydrogen) atoms. The normalized spacial score (nSPS) is 22.6. The van der Waals surface area contributed by atoms with Crippen LogP contribution in [0.25, 0.3) is 0 Å². The highest BCUT2D eigenvalue weighted by atomic mass is 35.5. The molecule has 0 bridgehead atoms. The Hall–Kier alpha value is -1.15. The number of halogens is 1. The summed E-state index contributed by atoms with van der Waals surface area (Å²) in [5.41, 5.74) is 7.23. The number of carbonyl (C=O) groups excluding carboxylic acids is 1. The number of piperidine rings is 1. The number of nitrogens with zero attached hydrogens (tertiary/aromatic N) is 1. The third-order valence-corrected chi connectivity index (χ3v) is 6.77. The van der Waals surface area contributed by atoms with Crippen molar-refractivity contribution >= 4 is 28.3 Å². The highest BCUT2D eigenvalue weighted by Crippen LogP contribution is 2.29. The minimum atomic E-state index is -3.57. The molecule has 1 atom stereocenters. The molecule has 8 heteroatoms.